The molecule has 1 aliphatic heterocycles. The summed E-state index contributed by atoms with van der Waals surface area (Å²) in [6.07, 6.45) is 2.87. The highest BCUT2D eigenvalue weighted by atomic mass is 32.2. The molecule has 1 heterocycles. The van der Waals surface area contributed by atoms with Crippen LogP contribution in [-0.2, 0) is 0 Å². The van der Waals surface area contributed by atoms with Gasteiger partial charge < -0.3 is 4.90 Å². The Morgan fingerprint density at radius 1 is 1.45 bits per heavy atom. The third kappa shape index (κ3) is 3.48. The second-order valence-electron chi connectivity index (χ2n) is 3.86. The lowest BCUT2D eigenvalue weighted by Crippen LogP contribution is -3.11. The predicted molar refractivity (Wildman–Crippen MR) is 52.4 cm³/mol. The van der Waals surface area contributed by atoms with Crippen molar-refractivity contribution in [3.8, 4) is 0 Å². The zero-order chi connectivity index (χ0) is 8.27. The van der Waals surface area contributed by atoms with E-state index in [1.807, 2.05) is 0 Å². The molecule has 2 atom stereocenters. The van der Waals surface area contributed by atoms with Crippen LogP contribution in [0.3, 0.4) is 0 Å². The first-order chi connectivity index (χ1) is 5.18. The molecule has 66 valence electrons. The Balaban J connectivity index is 2.23. The summed E-state index contributed by atoms with van der Waals surface area (Å²) in [7, 11) is 2.31. The van der Waals surface area contributed by atoms with Crippen molar-refractivity contribution in [3.05, 3.63) is 0 Å². The molecule has 1 fully saturated rings. The molecule has 0 aromatic carbocycles. The fraction of sp³-hybridized carbons (Fsp3) is 1.00. The number of quaternary nitrogens is 1. The van der Waals surface area contributed by atoms with Crippen LogP contribution in [0.25, 0.3) is 0 Å². The summed E-state index contributed by atoms with van der Waals surface area (Å²) in [6, 6.07) is 0. The SMILES string of the molecule is CC(C)S[C@@H]1CCC[NH+](C)C1. The van der Waals surface area contributed by atoms with Gasteiger partial charge in [0.1, 0.15) is 0 Å². The number of nitrogens with one attached hydrogen (secondary N) is 1. The number of thioether (sulfide) groups is 1. The van der Waals surface area contributed by atoms with E-state index in [0.29, 0.717) is 0 Å². The molecule has 1 nitrogen and oxygen atoms in total. The van der Waals surface area contributed by atoms with Crippen LogP contribution in [0.15, 0.2) is 0 Å². The van der Waals surface area contributed by atoms with Crippen molar-refractivity contribution < 1.29 is 4.90 Å². The maximum Gasteiger partial charge on any atom is 0.0889 e. The van der Waals surface area contributed by atoms with Gasteiger partial charge in [-0.25, -0.2) is 0 Å². The summed E-state index contributed by atoms with van der Waals surface area (Å²) in [6.45, 7) is 7.36. The van der Waals surface area contributed by atoms with Crippen LogP contribution in [0.1, 0.15) is 26.7 Å². The van der Waals surface area contributed by atoms with Crippen molar-refractivity contribution in [3.63, 3.8) is 0 Å². The standard InChI is InChI=1S/C9H19NS/c1-8(2)11-9-5-4-6-10(3)7-9/h8-9H,4-7H2,1-3H3/p+1/t9-/m1/s1. The number of hydrogen-bond donors (Lipinski definition) is 1. The molecule has 1 aliphatic rings. The van der Waals surface area contributed by atoms with Gasteiger partial charge in [0.2, 0.25) is 0 Å². The van der Waals surface area contributed by atoms with Gasteiger partial charge in [0.05, 0.1) is 25.4 Å². The van der Waals surface area contributed by atoms with Crippen molar-refractivity contribution in [2.75, 3.05) is 20.1 Å². The van der Waals surface area contributed by atoms with E-state index in [2.05, 4.69) is 32.7 Å². The van der Waals surface area contributed by atoms with Gasteiger partial charge in [0.25, 0.3) is 0 Å². The highest BCUT2D eigenvalue weighted by molar-refractivity contribution is 8.00. The average Bonchev–Trinajstić information content (AvgIpc) is 1.85. The predicted octanol–water partition coefficient (Wildman–Crippen LogP) is 0.805. The van der Waals surface area contributed by atoms with Crippen LogP contribution in [0.5, 0.6) is 0 Å². The lowest BCUT2D eigenvalue weighted by atomic mass is 10.1. The minimum atomic E-state index is 0.811. The normalized spacial score (nSPS) is 32.7. The Morgan fingerprint density at radius 2 is 2.18 bits per heavy atom. The number of hydrogen-bond acceptors (Lipinski definition) is 1. The minimum absolute atomic E-state index is 0.811. The van der Waals surface area contributed by atoms with Gasteiger partial charge in [-0.1, -0.05) is 13.8 Å². The molecule has 0 amide bonds. The molecule has 11 heavy (non-hydrogen) atoms. The Morgan fingerprint density at radius 3 is 2.73 bits per heavy atom. The molecule has 0 spiro atoms. The van der Waals surface area contributed by atoms with Gasteiger partial charge in [-0.15, -0.1) is 11.8 Å². The maximum atomic E-state index is 2.31. The summed E-state index contributed by atoms with van der Waals surface area (Å²) < 4.78 is 0. The molecule has 0 saturated carbocycles. The van der Waals surface area contributed by atoms with E-state index in [0.717, 1.165) is 10.5 Å². The molecule has 1 rings (SSSR count). The molecule has 0 aliphatic carbocycles. The smallest absolute Gasteiger partial charge is 0.0889 e. The Bertz CT molecular complexity index is 112. The van der Waals surface area contributed by atoms with Gasteiger partial charge >= 0.3 is 0 Å². The molecule has 2 heteroatoms. The first kappa shape index (κ1) is 9.40. The Hall–Kier alpha value is 0.310. The second-order valence-corrected chi connectivity index (χ2v) is 5.74. The van der Waals surface area contributed by atoms with E-state index in [-0.39, 0.29) is 0 Å². The third-order valence-corrected chi connectivity index (χ3v) is 3.50. The van der Waals surface area contributed by atoms with Gasteiger partial charge in [0.15, 0.2) is 0 Å². The first-order valence-corrected chi connectivity index (χ1v) is 5.59. The van der Waals surface area contributed by atoms with E-state index in [1.165, 1.54) is 25.9 Å². The lowest BCUT2D eigenvalue weighted by Gasteiger charge is -2.27. The van der Waals surface area contributed by atoms with Crippen LogP contribution in [0.4, 0.5) is 0 Å². The van der Waals surface area contributed by atoms with Gasteiger partial charge in [-0.05, 0) is 18.1 Å². The summed E-state index contributed by atoms with van der Waals surface area (Å²) in [5.41, 5.74) is 0. The molecule has 1 unspecified atom stereocenters. The first-order valence-electron chi connectivity index (χ1n) is 4.65. The maximum absolute atomic E-state index is 2.31. The van der Waals surface area contributed by atoms with Gasteiger partial charge in [-0.2, -0.15) is 0 Å². The molecule has 0 aromatic rings. The number of piperidine rings is 1. The molecule has 0 radical (unpaired) electrons. The van der Waals surface area contributed by atoms with E-state index >= 15 is 0 Å². The van der Waals surface area contributed by atoms with Crippen molar-refractivity contribution >= 4 is 11.8 Å². The van der Waals surface area contributed by atoms with E-state index in [4.69, 9.17) is 0 Å². The summed E-state index contributed by atoms with van der Waals surface area (Å²) >= 11 is 2.16. The zero-order valence-electron chi connectivity index (χ0n) is 7.89. The van der Waals surface area contributed by atoms with Gasteiger partial charge in [-0.3, -0.25) is 0 Å². The quantitative estimate of drug-likeness (QED) is 0.649. The topological polar surface area (TPSA) is 4.44 Å². The van der Waals surface area contributed by atoms with Crippen molar-refractivity contribution in [2.45, 2.75) is 37.2 Å². The zero-order valence-corrected chi connectivity index (χ0v) is 8.71. The van der Waals surface area contributed by atoms with Crippen LogP contribution < -0.4 is 4.90 Å². The van der Waals surface area contributed by atoms with Crippen LogP contribution >= 0.6 is 11.8 Å². The highest BCUT2D eigenvalue weighted by Gasteiger charge is 2.20. The van der Waals surface area contributed by atoms with Crippen molar-refractivity contribution in [1.82, 2.24) is 0 Å². The second kappa shape index (κ2) is 4.36. The molecule has 1 saturated heterocycles. The Kier molecular flexibility index (Phi) is 3.73. The summed E-state index contributed by atoms with van der Waals surface area (Å²) in [5, 5.41) is 1.75. The summed E-state index contributed by atoms with van der Waals surface area (Å²) in [4.78, 5) is 1.72. The average molecular weight is 174 g/mol. The molecule has 0 aromatic heterocycles. The number of rotatable bonds is 2. The lowest BCUT2D eigenvalue weighted by molar-refractivity contribution is -0.883. The van der Waals surface area contributed by atoms with Gasteiger partial charge in [0, 0.05) is 0 Å². The fourth-order valence-corrected chi connectivity index (χ4v) is 3.18. The van der Waals surface area contributed by atoms with Crippen molar-refractivity contribution in [2.24, 2.45) is 0 Å². The largest absolute Gasteiger partial charge is 0.336 e. The molecule has 0 bridgehead atoms. The monoisotopic (exact) mass is 174 g/mol. The van der Waals surface area contributed by atoms with Crippen LogP contribution in [-0.4, -0.2) is 30.6 Å². The minimum Gasteiger partial charge on any atom is -0.336 e. The van der Waals surface area contributed by atoms with Crippen molar-refractivity contribution in [1.29, 1.82) is 0 Å². The third-order valence-electron chi connectivity index (χ3n) is 2.17. The molecule has 1 N–H and O–H groups in total. The fourth-order valence-electron chi connectivity index (χ4n) is 1.73. The number of likely N-dealkylation sites (tertiary alicyclic amines) is 1. The summed E-state index contributed by atoms with van der Waals surface area (Å²) in [5.74, 6) is 0. The molecular formula is C9H20NS+. The molecular weight excluding hydrogens is 154 g/mol. The highest BCUT2D eigenvalue weighted by Crippen LogP contribution is 2.21. The van der Waals surface area contributed by atoms with E-state index in [1.54, 1.807) is 4.90 Å². The Labute approximate surface area is 74.5 Å². The van der Waals surface area contributed by atoms with Crippen LogP contribution in [0, 0.1) is 0 Å². The van der Waals surface area contributed by atoms with E-state index < -0.39 is 0 Å². The van der Waals surface area contributed by atoms with Crippen LogP contribution in [0.2, 0.25) is 0 Å². The van der Waals surface area contributed by atoms with E-state index in [9.17, 15) is 0 Å².